The number of nitrogens with zero attached hydrogens (tertiary/aromatic N) is 1. The molecule has 142 valence electrons. The average molecular weight is 437 g/mol. The lowest BCUT2D eigenvalue weighted by Gasteiger charge is -2.18. The molecule has 0 unspecified atom stereocenters. The van der Waals surface area contributed by atoms with Gasteiger partial charge in [-0.2, -0.15) is 4.31 Å². The molecule has 0 amide bonds. The second-order valence-electron chi connectivity index (χ2n) is 5.29. The highest BCUT2D eigenvalue weighted by atomic mass is 35.5. The highest BCUT2D eigenvalue weighted by Gasteiger charge is 2.23. The summed E-state index contributed by atoms with van der Waals surface area (Å²) in [6.45, 7) is 4.13. The molecule has 10 heteroatoms. The van der Waals surface area contributed by atoms with Crippen LogP contribution in [0, 0.1) is 0 Å². The first-order valence-electron chi connectivity index (χ1n) is 7.70. The molecule has 0 aliphatic rings. The second kappa shape index (κ2) is 8.14. The lowest BCUT2D eigenvalue weighted by atomic mass is 10.3. The Kier molecular flexibility index (Phi) is 6.57. The minimum Gasteiger partial charge on any atom is -0.278 e. The van der Waals surface area contributed by atoms with Crippen LogP contribution in [-0.2, 0) is 20.0 Å². The maximum Gasteiger partial charge on any atom is 0.261 e. The molecule has 0 heterocycles. The van der Waals surface area contributed by atoms with E-state index in [0.29, 0.717) is 18.1 Å². The van der Waals surface area contributed by atoms with Crippen molar-refractivity contribution in [3.63, 3.8) is 0 Å². The molecule has 2 aromatic carbocycles. The van der Waals surface area contributed by atoms with Gasteiger partial charge in [-0.3, -0.25) is 4.72 Å². The molecule has 0 atom stereocenters. The highest BCUT2D eigenvalue weighted by Crippen LogP contribution is 2.28. The summed E-state index contributed by atoms with van der Waals surface area (Å²) in [4.78, 5) is -0.0494. The molecule has 0 saturated carbocycles. The van der Waals surface area contributed by atoms with E-state index < -0.39 is 20.0 Å². The Balaban J connectivity index is 2.32. The van der Waals surface area contributed by atoms with Crippen molar-refractivity contribution in [1.82, 2.24) is 4.31 Å². The Morgan fingerprint density at radius 1 is 0.885 bits per heavy atom. The summed E-state index contributed by atoms with van der Waals surface area (Å²) in [5.74, 6) is 0. The van der Waals surface area contributed by atoms with Crippen LogP contribution in [0.5, 0.6) is 0 Å². The number of benzene rings is 2. The number of nitrogens with one attached hydrogen (secondary N) is 1. The smallest absolute Gasteiger partial charge is 0.261 e. The van der Waals surface area contributed by atoms with Gasteiger partial charge in [0, 0.05) is 18.1 Å². The van der Waals surface area contributed by atoms with Crippen LogP contribution < -0.4 is 4.72 Å². The zero-order valence-electron chi connectivity index (χ0n) is 14.1. The minimum absolute atomic E-state index is 0.0321. The van der Waals surface area contributed by atoms with E-state index in [1.807, 2.05) is 0 Å². The number of sulfonamides is 2. The summed E-state index contributed by atoms with van der Waals surface area (Å²) >= 11 is 11.8. The fourth-order valence-corrected chi connectivity index (χ4v) is 5.33. The van der Waals surface area contributed by atoms with Gasteiger partial charge in [0.05, 0.1) is 20.5 Å². The van der Waals surface area contributed by atoms with Crippen LogP contribution in [0.25, 0.3) is 0 Å². The summed E-state index contributed by atoms with van der Waals surface area (Å²) in [5, 5.41) is 0.533. The molecule has 26 heavy (non-hydrogen) atoms. The fourth-order valence-electron chi connectivity index (χ4n) is 2.28. The van der Waals surface area contributed by atoms with E-state index in [4.69, 9.17) is 23.2 Å². The Morgan fingerprint density at radius 2 is 1.42 bits per heavy atom. The van der Waals surface area contributed by atoms with Gasteiger partial charge in [0.1, 0.15) is 0 Å². The SMILES string of the molecule is CCN(CC)S(=O)(=O)c1ccc(S(=O)(=O)Nc2ccc(Cl)cc2Cl)cc1. The van der Waals surface area contributed by atoms with Gasteiger partial charge in [0.2, 0.25) is 10.0 Å². The third-order valence-corrected chi connectivity index (χ3v) is 7.65. The zero-order chi connectivity index (χ0) is 19.5. The maximum absolute atomic E-state index is 12.5. The van der Waals surface area contributed by atoms with E-state index in [9.17, 15) is 16.8 Å². The van der Waals surface area contributed by atoms with Gasteiger partial charge in [-0.05, 0) is 42.5 Å². The number of anilines is 1. The Labute approximate surface area is 163 Å². The van der Waals surface area contributed by atoms with E-state index >= 15 is 0 Å². The van der Waals surface area contributed by atoms with Crippen LogP contribution in [0.2, 0.25) is 10.0 Å². The van der Waals surface area contributed by atoms with Gasteiger partial charge in [-0.25, -0.2) is 16.8 Å². The summed E-state index contributed by atoms with van der Waals surface area (Å²) in [5.41, 5.74) is 0.177. The van der Waals surface area contributed by atoms with Crippen molar-refractivity contribution < 1.29 is 16.8 Å². The molecule has 0 aromatic heterocycles. The number of halogens is 2. The molecule has 1 N–H and O–H groups in total. The van der Waals surface area contributed by atoms with Crippen LogP contribution in [0.1, 0.15) is 13.8 Å². The summed E-state index contributed by atoms with van der Waals surface area (Å²) in [7, 11) is -7.58. The van der Waals surface area contributed by atoms with Crippen molar-refractivity contribution in [2.45, 2.75) is 23.6 Å². The zero-order valence-corrected chi connectivity index (χ0v) is 17.3. The number of rotatable bonds is 7. The molecule has 2 rings (SSSR count). The molecule has 0 fully saturated rings. The molecule has 0 spiro atoms. The molecule has 0 bridgehead atoms. The van der Waals surface area contributed by atoms with Crippen LogP contribution >= 0.6 is 23.2 Å². The van der Waals surface area contributed by atoms with Crippen molar-refractivity contribution in [2.24, 2.45) is 0 Å². The van der Waals surface area contributed by atoms with Gasteiger partial charge in [0.15, 0.2) is 0 Å². The van der Waals surface area contributed by atoms with Gasteiger partial charge in [0.25, 0.3) is 10.0 Å². The van der Waals surface area contributed by atoms with Gasteiger partial charge in [-0.15, -0.1) is 0 Å². The first-order valence-corrected chi connectivity index (χ1v) is 11.4. The van der Waals surface area contributed by atoms with Crippen molar-refractivity contribution >= 4 is 48.9 Å². The van der Waals surface area contributed by atoms with E-state index in [0.717, 1.165) is 0 Å². The standard InChI is InChI=1S/C16H18Cl2N2O4S2/c1-3-20(4-2)26(23,24)14-8-6-13(7-9-14)25(21,22)19-16-10-5-12(17)11-15(16)18/h5-11,19H,3-4H2,1-2H3. The van der Waals surface area contributed by atoms with Crippen LogP contribution in [0.15, 0.2) is 52.3 Å². The third kappa shape index (κ3) is 4.50. The Bertz CT molecular complexity index is 987. The quantitative estimate of drug-likeness (QED) is 0.714. The summed E-state index contributed by atoms with van der Waals surface area (Å²) in [6, 6.07) is 9.38. The van der Waals surface area contributed by atoms with E-state index in [1.165, 1.54) is 46.8 Å². The maximum atomic E-state index is 12.5. The van der Waals surface area contributed by atoms with Crippen molar-refractivity contribution in [2.75, 3.05) is 17.8 Å². The summed E-state index contributed by atoms with van der Waals surface area (Å²) in [6.07, 6.45) is 0. The first kappa shape index (κ1) is 21.0. The average Bonchev–Trinajstić information content (AvgIpc) is 2.58. The van der Waals surface area contributed by atoms with Crippen molar-refractivity contribution in [1.29, 1.82) is 0 Å². The molecule has 6 nitrogen and oxygen atoms in total. The normalized spacial score (nSPS) is 12.3. The van der Waals surface area contributed by atoms with Crippen LogP contribution in [0.4, 0.5) is 5.69 Å². The largest absolute Gasteiger partial charge is 0.278 e. The van der Waals surface area contributed by atoms with E-state index in [2.05, 4.69) is 4.72 Å². The van der Waals surface area contributed by atoms with E-state index in [1.54, 1.807) is 13.8 Å². The van der Waals surface area contributed by atoms with Gasteiger partial charge < -0.3 is 0 Å². The monoisotopic (exact) mass is 436 g/mol. The molecule has 0 aliphatic carbocycles. The number of hydrogen-bond acceptors (Lipinski definition) is 4. The van der Waals surface area contributed by atoms with Crippen molar-refractivity contribution in [3.8, 4) is 0 Å². The first-order chi connectivity index (χ1) is 12.1. The Morgan fingerprint density at radius 3 is 1.92 bits per heavy atom. The molecule has 2 aromatic rings. The minimum atomic E-state index is -3.93. The predicted molar refractivity (Wildman–Crippen MR) is 104 cm³/mol. The molecular formula is C16H18Cl2N2O4S2. The topological polar surface area (TPSA) is 83.6 Å². The predicted octanol–water partition coefficient (Wildman–Crippen LogP) is 3.82. The second-order valence-corrected chi connectivity index (χ2v) is 9.75. The lowest BCUT2D eigenvalue weighted by molar-refractivity contribution is 0.445. The third-order valence-electron chi connectivity index (χ3n) is 3.65. The molecule has 0 aliphatic heterocycles. The lowest BCUT2D eigenvalue weighted by Crippen LogP contribution is -2.30. The summed E-state index contributed by atoms with van der Waals surface area (Å²) < 4.78 is 53.5. The molecule has 0 saturated heterocycles. The van der Waals surface area contributed by atoms with Crippen LogP contribution in [0.3, 0.4) is 0 Å². The van der Waals surface area contributed by atoms with Crippen molar-refractivity contribution in [3.05, 3.63) is 52.5 Å². The molecular weight excluding hydrogens is 419 g/mol. The van der Waals surface area contributed by atoms with Gasteiger partial charge in [-0.1, -0.05) is 37.0 Å². The van der Waals surface area contributed by atoms with E-state index in [-0.39, 0.29) is 20.5 Å². The Hall–Kier alpha value is -1.32. The van der Waals surface area contributed by atoms with Crippen LogP contribution in [-0.4, -0.2) is 34.2 Å². The highest BCUT2D eigenvalue weighted by molar-refractivity contribution is 7.92. The molecule has 0 radical (unpaired) electrons. The fraction of sp³-hybridized carbons (Fsp3) is 0.250. The van der Waals surface area contributed by atoms with Gasteiger partial charge >= 0.3 is 0 Å². The number of hydrogen-bond donors (Lipinski definition) is 1.